The van der Waals surface area contributed by atoms with Crippen molar-refractivity contribution in [3.63, 3.8) is 0 Å². The van der Waals surface area contributed by atoms with Gasteiger partial charge in [-0.25, -0.2) is 9.59 Å². The Morgan fingerprint density at radius 3 is 2.56 bits per heavy atom. The van der Waals surface area contributed by atoms with E-state index in [2.05, 4.69) is 39.4 Å². The topological polar surface area (TPSA) is 98.9 Å². The monoisotopic (exact) mass is 443 g/mol. The first-order chi connectivity index (χ1) is 14.9. The van der Waals surface area contributed by atoms with Crippen LogP contribution in [0.3, 0.4) is 0 Å². The molecule has 3 unspecified atom stereocenters. The maximum absolute atomic E-state index is 12.3. The summed E-state index contributed by atoms with van der Waals surface area (Å²) in [6.07, 6.45) is 5.91. The van der Waals surface area contributed by atoms with Gasteiger partial charge in [-0.1, -0.05) is 34.1 Å². The van der Waals surface area contributed by atoms with Crippen molar-refractivity contribution in [2.75, 3.05) is 6.61 Å². The minimum Gasteiger partial charge on any atom is -0.450 e. The second-order valence-electron chi connectivity index (χ2n) is 11.5. The molecule has 0 heterocycles. The first-order valence-corrected chi connectivity index (χ1v) is 11.9. The summed E-state index contributed by atoms with van der Waals surface area (Å²) >= 11 is 0. The van der Waals surface area contributed by atoms with Crippen LogP contribution in [0.15, 0.2) is 12.1 Å². The van der Waals surface area contributed by atoms with Crippen molar-refractivity contribution in [2.45, 2.75) is 84.6 Å². The van der Waals surface area contributed by atoms with E-state index in [1.807, 2.05) is 12.1 Å². The molecule has 6 nitrogen and oxygen atoms in total. The zero-order valence-corrected chi connectivity index (χ0v) is 20.0. The lowest BCUT2D eigenvalue weighted by Gasteiger charge is -2.61. The van der Waals surface area contributed by atoms with Crippen LogP contribution in [0, 0.1) is 29.6 Å². The van der Waals surface area contributed by atoms with Gasteiger partial charge >= 0.3 is 12.1 Å². The Morgan fingerprint density at radius 1 is 1.16 bits per heavy atom. The highest BCUT2D eigenvalue weighted by atomic mass is 16.7. The van der Waals surface area contributed by atoms with Crippen LogP contribution in [0.5, 0.6) is 5.75 Å². The maximum Gasteiger partial charge on any atom is 0.505 e. The number of carbonyl (C=O) groups is 2. The average Bonchev–Trinajstić information content (AvgIpc) is 2.99. The van der Waals surface area contributed by atoms with E-state index in [0.717, 1.165) is 17.9 Å². The quantitative estimate of drug-likeness (QED) is 0.503. The molecule has 5 atom stereocenters. The summed E-state index contributed by atoms with van der Waals surface area (Å²) in [4.78, 5) is 22.9. The number of esters is 1. The van der Waals surface area contributed by atoms with Crippen LogP contribution in [-0.2, 0) is 21.4 Å². The summed E-state index contributed by atoms with van der Waals surface area (Å²) in [5.41, 5.74) is 10.4. The van der Waals surface area contributed by atoms with Crippen LogP contribution in [0.2, 0.25) is 0 Å². The number of aryl methyl sites for hydroxylation is 1. The van der Waals surface area contributed by atoms with Crippen molar-refractivity contribution in [1.82, 2.24) is 0 Å². The lowest BCUT2D eigenvalue weighted by molar-refractivity contribution is -0.136. The van der Waals surface area contributed by atoms with Crippen LogP contribution in [0.25, 0.3) is 0 Å². The average molecular weight is 444 g/mol. The summed E-state index contributed by atoms with van der Waals surface area (Å²) in [5.74, 6) is 1.11. The molecule has 0 saturated heterocycles. The third-order valence-electron chi connectivity index (χ3n) is 9.09. The van der Waals surface area contributed by atoms with E-state index in [-0.39, 0.29) is 5.41 Å². The molecule has 2 fully saturated rings. The third-order valence-corrected chi connectivity index (χ3v) is 9.09. The third kappa shape index (κ3) is 3.60. The van der Waals surface area contributed by atoms with Gasteiger partial charge in [0.15, 0.2) is 0 Å². The van der Waals surface area contributed by atoms with Crippen LogP contribution in [0.4, 0.5) is 4.79 Å². The van der Waals surface area contributed by atoms with Crippen molar-refractivity contribution < 1.29 is 24.2 Å². The predicted octanol–water partition coefficient (Wildman–Crippen LogP) is 4.98. The fourth-order valence-corrected chi connectivity index (χ4v) is 7.91. The molecule has 0 radical (unpaired) electrons. The van der Waals surface area contributed by atoms with Crippen molar-refractivity contribution in [1.29, 1.82) is 0 Å². The van der Waals surface area contributed by atoms with Gasteiger partial charge in [-0.05, 0) is 95.9 Å². The number of ether oxygens (including phenoxy) is 2. The molecule has 0 bridgehead atoms. The Balaban J connectivity index is 1.60. The van der Waals surface area contributed by atoms with E-state index in [4.69, 9.17) is 15.6 Å². The Bertz CT molecular complexity index is 940. The molecular weight excluding hydrogens is 406 g/mol. The molecule has 0 aromatic heterocycles. The van der Waals surface area contributed by atoms with Gasteiger partial charge in [0.2, 0.25) is 0 Å². The van der Waals surface area contributed by atoms with Crippen LogP contribution >= 0.6 is 0 Å². The van der Waals surface area contributed by atoms with Crippen LogP contribution in [-0.4, -0.2) is 29.9 Å². The molecule has 2 saturated carbocycles. The first-order valence-electron chi connectivity index (χ1n) is 11.9. The van der Waals surface area contributed by atoms with Gasteiger partial charge in [0.05, 0.1) is 0 Å². The molecule has 0 aliphatic heterocycles. The van der Waals surface area contributed by atoms with Gasteiger partial charge in [-0.3, -0.25) is 0 Å². The molecule has 0 spiro atoms. The summed E-state index contributed by atoms with van der Waals surface area (Å²) < 4.78 is 9.94. The molecule has 6 heteroatoms. The van der Waals surface area contributed by atoms with Gasteiger partial charge in [0.25, 0.3) is 0 Å². The second-order valence-corrected chi connectivity index (χ2v) is 11.5. The van der Waals surface area contributed by atoms with E-state index in [0.29, 0.717) is 22.5 Å². The summed E-state index contributed by atoms with van der Waals surface area (Å²) in [6.45, 7) is 11.6. The van der Waals surface area contributed by atoms with E-state index in [1.54, 1.807) is 0 Å². The van der Waals surface area contributed by atoms with Crippen LogP contribution in [0.1, 0.15) is 76.5 Å². The standard InChI is InChI=1S/C26H37NO5/c1-15-11-17(32-22(28)18(27)14-31-23(29)30)12-16-13-20-25(4)9-6-8-24(2,3)19(25)7-10-26(20,5)21(15)16/h11-12,18-20H,6-10,13-14,27H2,1-5H3,(H,29,30)/t18?,19?,20-,25+,26?/m1/s1. The number of rotatable bonds is 4. The Labute approximate surface area is 190 Å². The van der Waals surface area contributed by atoms with Gasteiger partial charge in [0, 0.05) is 0 Å². The SMILES string of the molecule is Cc1cc(OC(=O)C(N)COC(=O)O)cc2c1C1(C)CCC3C(C)(C)CCC[C@]3(C)[C@H]1C2. The lowest BCUT2D eigenvalue weighted by atomic mass is 9.43. The van der Waals surface area contributed by atoms with Gasteiger partial charge in [0.1, 0.15) is 18.4 Å². The number of hydrogen-bond donors (Lipinski definition) is 2. The van der Waals surface area contributed by atoms with Crippen molar-refractivity contribution in [3.8, 4) is 5.75 Å². The number of carboxylic acid groups (broad SMARTS) is 1. The maximum atomic E-state index is 12.3. The van der Waals surface area contributed by atoms with E-state index in [9.17, 15) is 9.59 Å². The Morgan fingerprint density at radius 2 is 1.88 bits per heavy atom. The zero-order chi connectivity index (χ0) is 23.5. The molecule has 3 N–H and O–H groups in total. The minimum atomic E-state index is -1.46. The first kappa shape index (κ1) is 23.1. The number of fused-ring (bicyclic) bond motifs is 5. The highest BCUT2D eigenvalue weighted by molar-refractivity contribution is 5.78. The van der Waals surface area contributed by atoms with Gasteiger partial charge < -0.3 is 20.3 Å². The van der Waals surface area contributed by atoms with E-state index >= 15 is 0 Å². The number of carbonyl (C=O) groups excluding carboxylic acids is 1. The fourth-order valence-electron chi connectivity index (χ4n) is 7.91. The molecule has 3 aliphatic carbocycles. The molecule has 4 rings (SSSR count). The molecule has 1 aromatic carbocycles. The highest BCUT2D eigenvalue weighted by Gasteiger charge is 2.61. The Hall–Kier alpha value is -2.08. The molecule has 32 heavy (non-hydrogen) atoms. The summed E-state index contributed by atoms with van der Waals surface area (Å²) in [7, 11) is 0. The largest absolute Gasteiger partial charge is 0.505 e. The zero-order valence-electron chi connectivity index (χ0n) is 20.0. The molecule has 0 amide bonds. The second kappa shape index (κ2) is 7.75. The van der Waals surface area contributed by atoms with Gasteiger partial charge in [-0.2, -0.15) is 0 Å². The Kier molecular flexibility index (Phi) is 5.60. The molecular formula is C26H37NO5. The minimum absolute atomic E-state index is 0.145. The van der Waals surface area contributed by atoms with Crippen molar-refractivity contribution >= 4 is 12.1 Å². The summed E-state index contributed by atoms with van der Waals surface area (Å²) in [5, 5.41) is 8.61. The van der Waals surface area contributed by atoms with Crippen molar-refractivity contribution in [2.24, 2.45) is 28.4 Å². The highest BCUT2D eigenvalue weighted by Crippen LogP contribution is 2.67. The van der Waals surface area contributed by atoms with Gasteiger partial charge in [-0.15, -0.1) is 0 Å². The van der Waals surface area contributed by atoms with E-state index in [1.165, 1.54) is 43.2 Å². The van der Waals surface area contributed by atoms with Crippen molar-refractivity contribution in [3.05, 3.63) is 28.8 Å². The molecule has 3 aliphatic rings. The summed E-state index contributed by atoms with van der Waals surface area (Å²) in [6, 6.07) is 2.78. The molecule has 1 aromatic rings. The lowest BCUT2D eigenvalue weighted by Crippen LogP contribution is -2.55. The molecule has 176 valence electrons. The van der Waals surface area contributed by atoms with Crippen LogP contribution < -0.4 is 10.5 Å². The van der Waals surface area contributed by atoms with E-state index < -0.39 is 24.8 Å². The normalized spacial score (nSPS) is 33.4. The number of hydrogen-bond acceptors (Lipinski definition) is 5. The number of benzene rings is 1. The fraction of sp³-hybridized carbons (Fsp3) is 0.692. The smallest absolute Gasteiger partial charge is 0.450 e. The predicted molar refractivity (Wildman–Crippen MR) is 122 cm³/mol. The number of nitrogens with two attached hydrogens (primary N) is 1.